The predicted octanol–water partition coefficient (Wildman–Crippen LogP) is 2.15. The van der Waals surface area contributed by atoms with Crippen molar-refractivity contribution in [1.82, 2.24) is 28.4 Å². The number of likely N-dealkylation sites (tertiary alicyclic amines) is 2. The highest BCUT2D eigenvalue weighted by Gasteiger charge is 2.44. The highest BCUT2D eigenvalue weighted by Crippen LogP contribution is 2.38. The monoisotopic (exact) mass is 544 g/mol. The summed E-state index contributed by atoms with van der Waals surface area (Å²) >= 11 is 0. The molecule has 4 heterocycles. The van der Waals surface area contributed by atoms with Gasteiger partial charge in [0.25, 0.3) is 16.1 Å². The number of halogens is 1. The van der Waals surface area contributed by atoms with Gasteiger partial charge in [-0.25, -0.2) is 14.4 Å². The molecule has 2 aromatic rings. The van der Waals surface area contributed by atoms with Crippen molar-refractivity contribution in [3.63, 3.8) is 0 Å². The summed E-state index contributed by atoms with van der Waals surface area (Å²) in [5.41, 5.74) is 2.99. The van der Waals surface area contributed by atoms with E-state index in [0.29, 0.717) is 30.5 Å². The second-order valence-electron chi connectivity index (χ2n) is 11.2. The van der Waals surface area contributed by atoms with Gasteiger partial charge < -0.3 is 9.80 Å². The summed E-state index contributed by atoms with van der Waals surface area (Å²) in [5.74, 6) is 0.861. The van der Waals surface area contributed by atoms with E-state index >= 15 is 0 Å². The molecule has 5 rings (SSSR count). The maximum Gasteiger partial charge on any atom is 0.281 e. The summed E-state index contributed by atoms with van der Waals surface area (Å²) in [6, 6.07) is 6.73. The molecule has 0 N–H and O–H groups in total. The third-order valence-electron chi connectivity index (χ3n) is 8.56. The fourth-order valence-electron chi connectivity index (χ4n) is 6.38. The van der Waals surface area contributed by atoms with Gasteiger partial charge in [0.15, 0.2) is 0 Å². The van der Waals surface area contributed by atoms with E-state index in [1.54, 1.807) is 26.2 Å². The van der Waals surface area contributed by atoms with Crippen molar-refractivity contribution < 1.29 is 17.6 Å². The van der Waals surface area contributed by atoms with Gasteiger partial charge in [0.1, 0.15) is 12.1 Å². The summed E-state index contributed by atoms with van der Waals surface area (Å²) in [6.07, 6.45) is 2.34. The van der Waals surface area contributed by atoms with E-state index in [1.807, 2.05) is 24.8 Å². The molecule has 3 aliphatic heterocycles. The van der Waals surface area contributed by atoms with E-state index in [2.05, 4.69) is 14.9 Å². The van der Waals surface area contributed by atoms with Gasteiger partial charge in [0, 0.05) is 53.4 Å². The van der Waals surface area contributed by atoms with Crippen molar-refractivity contribution in [2.75, 3.05) is 59.9 Å². The second-order valence-corrected chi connectivity index (χ2v) is 13.4. The molecule has 11 heteroatoms. The lowest BCUT2D eigenvalue weighted by atomic mass is 9.80. The predicted molar refractivity (Wildman–Crippen MR) is 142 cm³/mol. The molecule has 0 spiro atoms. The van der Waals surface area contributed by atoms with Gasteiger partial charge in [-0.1, -0.05) is 12.1 Å². The molecule has 3 aliphatic rings. The molecule has 0 aliphatic carbocycles. The summed E-state index contributed by atoms with van der Waals surface area (Å²) in [6.45, 7) is 8.81. The summed E-state index contributed by atoms with van der Waals surface area (Å²) in [5, 5.41) is 0. The highest BCUT2D eigenvalue weighted by molar-refractivity contribution is 7.86. The first-order valence-corrected chi connectivity index (χ1v) is 14.7. The minimum atomic E-state index is -3.43. The molecule has 38 heavy (non-hydrogen) atoms. The van der Waals surface area contributed by atoms with Crippen LogP contribution < -0.4 is 0 Å². The fourth-order valence-corrected chi connectivity index (χ4v) is 7.60. The van der Waals surface area contributed by atoms with E-state index in [4.69, 9.17) is 0 Å². The Morgan fingerprint density at radius 3 is 2.26 bits per heavy atom. The summed E-state index contributed by atoms with van der Waals surface area (Å²) in [4.78, 5) is 26.0. The quantitative estimate of drug-likeness (QED) is 0.506. The number of carbonyl (C=O) groups is 1. The zero-order valence-corrected chi connectivity index (χ0v) is 23.4. The topological polar surface area (TPSA) is 90.0 Å². The van der Waals surface area contributed by atoms with Gasteiger partial charge in [-0.05, 0) is 68.2 Å². The molecule has 9 nitrogen and oxygen atoms in total. The van der Waals surface area contributed by atoms with Gasteiger partial charge >= 0.3 is 0 Å². The summed E-state index contributed by atoms with van der Waals surface area (Å²) < 4.78 is 41.8. The van der Waals surface area contributed by atoms with E-state index in [9.17, 15) is 17.6 Å². The van der Waals surface area contributed by atoms with Crippen LogP contribution in [-0.2, 0) is 10.2 Å². The number of rotatable bonds is 8. The van der Waals surface area contributed by atoms with Crippen LogP contribution >= 0.6 is 0 Å². The number of hydrogen-bond donors (Lipinski definition) is 0. The summed E-state index contributed by atoms with van der Waals surface area (Å²) in [7, 11) is -0.347. The molecule has 3 unspecified atom stereocenters. The van der Waals surface area contributed by atoms with Crippen LogP contribution in [0.15, 0.2) is 30.6 Å². The largest absolute Gasteiger partial charge is 0.338 e. The molecule has 1 aromatic heterocycles. The van der Waals surface area contributed by atoms with Crippen LogP contribution in [0.1, 0.15) is 39.6 Å². The van der Waals surface area contributed by atoms with Crippen molar-refractivity contribution in [2.45, 2.75) is 26.2 Å². The highest BCUT2D eigenvalue weighted by atomic mass is 32.2. The lowest BCUT2D eigenvalue weighted by Crippen LogP contribution is -2.55. The molecule has 1 amide bonds. The number of hydrogen-bond acceptors (Lipinski definition) is 6. The SMILES string of the molecule is Cc1ncnc(C)c1C(=O)N1CC2CN(CCC(c3cccc(F)c3)C3CN(S(=O)(=O)N(C)C)C3)CC2C1. The van der Waals surface area contributed by atoms with Crippen LogP contribution in [0.25, 0.3) is 0 Å². The maximum atomic E-state index is 14.1. The van der Waals surface area contributed by atoms with Gasteiger partial charge in [-0.15, -0.1) is 0 Å². The molecule has 0 bridgehead atoms. The molecule has 0 radical (unpaired) electrons. The molecule has 3 atom stereocenters. The lowest BCUT2D eigenvalue weighted by molar-refractivity contribution is 0.0770. The Balaban J connectivity index is 1.20. The van der Waals surface area contributed by atoms with E-state index in [0.717, 1.165) is 56.1 Å². The zero-order valence-electron chi connectivity index (χ0n) is 22.5. The van der Waals surface area contributed by atoms with Crippen LogP contribution in [0, 0.1) is 37.4 Å². The Hall–Kier alpha value is -2.47. The second kappa shape index (κ2) is 10.6. The average Bonchev–Trinajstić information content (AvgIpc) is 3.39. The van der Waals surface area contributed by atoms with Crippen LogP contribution in [-0.4, -0.2) is 103 Å². The molecular formula is C27H37FN6O3S. The molecule has 3 saturated heterocycles. The average molecular weight is 545 g/mol. The van der Waals surface area contributed by atoms with Gasteiger partial charge in [-0.3, -0.25) is 4.79 Å². The minimum Gasteiger partial charge on any atom is -0.338 e. The van der Waals surface area contributed by atoms with Crippen molar-refractivity contribution in [1.29, 1.82) is 0 Å². The molecule has 3 fully saturated rings. The smallest absolute Gasteiger partial charge is 0.281 e. The fraction of sp³-hybridized carbons (Fsp3) is 0.593. The van der Waals surface area contributed by atoms with Crippen LogP contribution in [0.5, 0.6) is 0 Å². The third kappa shape index (κ3) is 5.21. The van der Waals surface area contributed by atoms with Crippen LogP contribution in [0.4, 0.5) is 4.39 Å². The van der Waals surface area contributed by atoms with Crippen molar-refractivity contribution in [3.8, 4) is 0 Å². The van der Waals surface area contributed by atoms with Gasteiger partial charge in [-0.2, -0.15) is 17.0 Å². The number of aromatic nitrogens is 2. The Kier molecular flexibility index (Phi) is 7.56. The molecular weight excluding hydrogens is 507 g/mol. The number of aryl methyl sites for hydroxylation is 2. The Morgan fingerprint density at radius 2 is 1.68 bits per heavy atom. The van der Waals surface area contributed by atoms with Crippen LogP contribution in [0.3, 0.4) is 0 Å². The number of carbonyl (C=O) groups excluding carboxylic acids is 1. The Labute approximate surface area is 224 Å². The minimum absolute atomic E-state index is 0.0231. The number of fused-ring (bicyclic) bond motifs is 1. The van der Waals surface area contributed by atoms with Gasteiger partial charge in [0.05, 0.1) is 17.0 Å². The first kappa shape index (κ1) is 27.1. The first-order valence-electron chi connectivity index (χ1n) is 13.3. The van der Waals surface area contributed by atoms with Crippen LogP contribution in [0.2, 0.25) is 0 Å². The Bertz CT molecular complexity index is 1270. The molecule has 0 saturated carbocycles. The first-order chi connectivity index (χ1) is 18.0. The van der Waals surface area contributed by atoms with E-state index in [-0.39, 0.29) is 23.6 Å². The lowest BCUT2D eigenvalue weighted by Gasteiger charge is -2.43. The molecule has 206 valence electrons. The zero-order chi connectivity index (χ0) is 27.2. The number of amides is 1. The van der Waals surface area contributed by atoms with Crippen molar-refractivity contribution in [2.24, 2.45) is 17.8 Å². The standard InChI is InChI=1S/C27H37FN6O3S/c1-18-26(19(2)30-17-29-18)27(35)33-13-21-11-32(12-22(21)14-33)9-8-25(20-6-5-7-24(28)10-20)23-15-34(16-23)38(36,37)31(3)4/h5-7,10,17,21-23,25H,8-9,11-16H2,1-4H3. The molecule has 1 aromatic carbocycles. The number of nitrogens with zero attached hydrogens (tertiary/aromatic N) is 6. The maximum absolute atomic E-state index is 14.1. The van der Waals surface area contributed by atoms with E-state index in [1.165, 1.54) is 21.0 Å². The number of benzene rings is 1. The van der Waals surface area contributed by atoms with Crippen molar-refractivity contribution in [3.05, 3.63) is 58.9 Å². The Morgan fingerprint density at radius 1 is 1.05 bits per heavy atom. The van der Waals surface area contributed by atoms with Gasteiger partial charge in [0.2, 0.25) is 0 Å². The third-order valence-corrected chi connectivity index (χ3v) is 10.4. The van der Waals surface area contributed by atoms with E-state index < -0.39 is 10.2 Å². The normalized spacial score (nSPS) is 23.6. The van der Waals surface area contributed by atoms with Crippen molar-refractivity contribution >= 4 is 16.1 Å².